The smallest absolute Gasteiger partial charge is 0.227 e. The van der Waals surface area contributed by atoms with Crippen molar-refractivity contribution in [2.24, 2.45) is 7.05 Å². The first kappa shape index (κ1) is 17.0. The number of aryl methyl sites for hydroxylation is 2. The summed E-state index contributed by atoms with van der Waals surface area (Å²) < 4.78 is 26.4. The van der Waals surface area contributed by atoms with Gasteiger partial charge in [0.2, 0.25) is 15.9 Å². The Hall–Kier alpha value is -1.41. The van der Waals surface area contributed by atoms with Crippen molar-refractivity contribution in [2.75, 3.05) is 32.4 Å². The van der Waals surface area contributed by atoms with E-state index in [1.54, 1.807) is 9.58 Å². The molecule has 0 aromatic carbocycles. The highest BCUT2D eigenvalue weighted by atomic mass is 32.2. The number of rotatable bonds is 3. The summed E-state index contributed by atoms with van der Waals surface area (Å²) in [5.41, 5.74) is 2.84. The second-order valence-corrected chi connectivity index (χ2v) is 7.83. The Labute approximate surface area is 131 Å². The first-order valence-corrected chi connectivity index (χ1v) is 9.27. The van der Waals surface area contributed by atoms with E-state index in [1.807, 2.05) is 20.9 Å². The van der Waals surface area contributed by atoms with Crippen molar-refractivity contribution >= 4 is 15.9 Å². The van der Waals surface area contributed by atoms with Crippen molar-refractivity contribution < 1.29 is 13.2 Å². The molecule has 2 heterocycles. The molecule has 1 saturated heterocycles. The third kappa shape index (κ3) is 3.67. The second-order valence-electron chi connectivity index (χ2n) is 5.85. The predicted octanol–water partition coefficient (Wildman–Crippen LogP) is 0.0733. The lowest BCUT2D eigenvalue weighted by atomic mass is 10.1. The van der Waals surface area contributed by atoms with Gasteiger partial charge in [-0.1, -0.05) is 0 Å². The average molecular weight is 328 g/mol. The van der Waals surface area contributed by atoms with Crippen LogP contribution < -0.4 is 0 Å². The molecule has 0 N–H and O–H groups in total. The summed E-state index contributed by atoms with van der Waals surface area (Å²) in [6.45, 7) is 5.76. The number of hydrogen-bond acceptors (Lipinski definition) is 4. The molecule has 7 nitrogen and oxygen atoms in total. The standard InChI is InChI=1S/C14H24N4O3S/c1-11-13(12(2)16(3)15-11)10-14(19)17-6-5-7-18(9-8-17)22(4,20)21/h5-10H2,1-4H3. The van der Waals surface area contributed by atoms with Crippen molar-refractivity contribution in [3.8, 4) is 0 Å². The van der Waals surface area contributed by atoms with Crippen molar-refractivity contribution in [2.45, 2.75) is 26.7 Å². The summed E-state index contributed by atoms with van der Waals surface area (Å²) in [5, 5.41) is 4.33. The summed E-state index contributed by atoms with van der Waals surface area (Å²) in [5.74, 6) is 0.0366. The fraction of sp³-hybridized carbons (Fsp3) is 0.714. The van der Waals surface area contributed by atoms with Crippen molar-refractivity contribution in [1.29, 1.82) is 0 Å². The van der Waals surface area contributed by atoms with E-state index in [1.165, 1.54) is 10.6 Å². The number of aromatic nitrogens is 2. The molecule has 0 bridgehead atoms. The Morgan fingerprint density at radius 1 is 1.18 bits per heavy atom. The van der Waals surface area contributed by atoms with Crippen molar-refractivity contribution in [1.82, 2.24) is 19.0 Å². The molecule has 0 spiro atoms. The van der Waals surface area contributed by atoms with E-state index in [0.717, 1.165) is 17.0 Å². The van der Waals surface area contributed by atoms with Gasteiger partial charge in [-0.25, -0.2) is 12.7 Å². The van der Waals surface area contributed by atoms with Crippen LogP contribution in [-0.2, 0) is 28.3 Å². The summed E-state index contributed by atoms with van der Waals surface area (Å²) in [6.07, 6.45) is 2.21. The quantitative estimate of drug-likeness (QED) is 0.787. The van der Waals surface area contributed by atoms with Crippen molar-refractivity contribution in [3.05, 3.63) is 17.0 Å². The highest BCUT2D eigenvalue weighted by molar-refractivity contribution is 7.88. The number of amides is 1. The fourth-order valence-electron chi connectivity index (χ4n) is 2.81. The lowest BCUT2D eigenvalue weighted by Crippen LogP contribution is -2.37. The van der Waals surface area contributed by atoms with E-state index >= 15 is 0 Å². The Kier molecular flexibility index (Phi) is 4.91. The zero-order valence-corrected chi connectivity index (χ0v) is 14.5. The second kappa shape index (κ2) is 6.37. The lowest BCUT2D eigenvalue weighted by Gasteiger charge is -2.21. The van der Waals surface area contributed by atoms with E-state index in [4.69, 9.17) is 0 Å². The summed E-state index contributed by atoms with van der Waals surface area (Å²) in [6, 6.07) is 0. The maximum Gasteiger partial charge on any atom is 0.227 e. The van der Waals surface area contributed by atoms with Crippen LogP contribution in [0.5, 0.6) is 0 Å². The van der Waals surface area contributed by atoms with Crippen LogP contribution >= 0.6 is 0 Å². The number of carbonyl (C=O) groups is 1. The van der Waals surface area contributed by atoms with Gasteiger partial charge in [-0.3, -0.25) is 9.48 Å². The van der Waals surface area contributed by atoms with E-state index < -0.39 is 10.0 Å². The normalized spacial score (nSPS) is 17.5. The Morgan fingerprint density at radius 2 is 1.86 bits per heavy atom. The van der Waals surface area contributed by atoms with Crippen LogP contribution in [-0.4, -0.2) is 65.7 Å². The highest BCUT2D eigenvalue weighted by Gasteiger charge is 2.24. The van der Waals surface area contributed by atoms with Gasteiger partial charge in [0.05, 0.1) is 18.4 Å². The molecule has 124 valence electrons. The van der Waals surface area contributed by atoms with E-state index in [-0.39, 0.29) is 5.91 Å². The van der Waals surface area contributed by atoms with Gasteiger partial charge in [-0.2, -0.15) is 5.10 Å². The lowest BCUT2D eigenvalue weighted by molar-refractivity contribution is -0.130. The van der Waals surface area contributed by atoms with Crippen LogP contribution in [0.3, 0.4) is 0 Å². The molecule has 0 radical (unpaired) electrons. The third-order valence-electron chi connectivity index (χ3n) is 4.26. The van der Waals surface area contributed by atoms with Crippen molar-refractivity contribution in [3.63, 3.8) is 0 Å². The van der Waals surface area contributed by atoms with Gasteiger partial charge >= 0.3 is 0 Å². The maximum absolute atomic E-state index is 12.5. The van der Waals surface area contributed by atoms with Gasteiger partial charge in [-0.05, 0) is 20.3 Å². The maximum atomic E-state index is 12.5. The molecule has 0 unspecified atom stereocenters. The molecule has 1 aliphatic rings. The van der Waals surface area contributed by atoms with Gasteiger partial charge in [0.1, 0.15) is 0 Å². The average Bonchev–Trinajstić information content (AvgIpc) is 2.64. The molecule has 1 aromatic rings. The van der Waals surface area contributed by atoms with Gasteiger partial charge in [-0.15, -0.1) is 0 Å². The van der Waals surface area contributed by atoms with Crippen LogP contribution in [0.15, 0.2) is 0 Å². The number of hydrogen-bond donors (Lipinski definition) is 0. The molecule has 8 heteroatoms. The summed E-state index contributed by atoms with van der Waals surface area (Å²) >= 11 is 0. The van der Waals surface area contributed by atoms with Crippen LogP contribution in [0.25, 0.3) is 0 Å². The molecule has 22 heavy (non-hydrogen) atoms. The topological polar surface area (TPSA) is 75.5 Å². The molecular formula is C14H24N4O3S. The number of carbonyl (C=O) groups excluding carboxylic acids is 1. The fourth-order valence-corrected chi connectivity index (χ4v) is 3.69. The molecule has 1 aromatic heterocycles. The van der Waals surface area contributed by atoms with Crippen LogP contribution in [0, 0.1) is 13.8 Å². The van der Waals surface area contributed by atoms with Crippen LogP contribution in [0.1, 0.15) is 23.4 Å². The number of nitrogens with zero attached hydrogens (tertiary/aromatic N) is 4. The Balaban J connectivity index is 2.04. The largest absolute Gasteiger partial charge is 0.341 e. The van der Waals surface area contributed by atoms with E-state index in [2.05, 4.69) is 5.10 Å². The van der Waals surface area contributed by atoms with Crippen LogP contribution in [0.2, 0.25) is 0 Å². The summed E-state index contributed by atoms with van der Waals surface area (Å²) in [4.78, 5) is 14.3. The molecule has 1 fully saturated rings. The first-order chi connectivity index (χ1) is 10.2. The molecule has 0 saturated carbocycles. The van der Waals surface area contributed by atoms with E-state index in [0.29, 0.717) is 39.0 Å². The monoisotopic (exact) mass is 328 g/mol. The Morgan fingerprint density at radius 3 is 2.41 bits per heavy atom. The molecule has 0 aliphatic carbocycles. The van der Waals surface area contributed by atoms with Gasteiger partial charge in [0, 0.05) is 44.5 Å². The van der Waals surface area contributed by atoms with Crippen LogP contribution in [0.4, 0.5) is 0 Å². The molecule has 2 rings (SSSR count). The molecule has 1 aliphatic heterocycles. The number of sulfonamides is 1. The minimum Gasteiger partial charge on any atom is -0.341 e. The zero-order chi connectivity index (χ0) is 16.5. The molecular weight excluding hydrogens is 304 g/mol. The van der Waals surface area contributed by atoms with Gasteiger partial charge in [0.25, 0.3) is 0 Å². The zero-order valence-electron chi connectivity index (χ0n) is 13.7. The molecule has 1 amide bonds. The summed E-state index contributed by atoms with van der Waals surface area (Å²) in [7, 11) is -1.32. The highest BCUT2D eigenvalue weighted by Crippen LogP contribution is 2.15. The molecule has 0 atom stereocenters. The van der Waals surface area contributed by atoms with Gasteiger partial charge < -0.3 is 4.90 Å². The third-order valence-corrected chi connectivity index (χ3v) is 5.57. The predicted molar refractivity (Wildman–Crippen MR) is 84.0 cm³/mol. The Bertz CT molecular complexity index is 666. The van der Waals surface area contributed by atoms with Gasteiger partial charge in [0.15, 0.2) is 0 Å². The first-order valence-electron chi connectivity index (χ1n) is 7.42. The minimum atomic E-state index is -3.19. The minimum absolute atomic E-state index is 0.0366. The van der Waals surface area contributed by atoms with E-state index in [9.17, 15) is 13.2 Å². The SMILES string of the molecule is Cc1nn(C)c(C)c1CC(=O)N1CCCN(S(C)(=O)=O)CC1.